The van der Waals surface area contributed by atoms with Gasteiger partial charge in [0.05, 0.1) is 5.69 Å². The fraction of sp³-hybridized carbons (Fsp3) is 0.333. The lowest BCUT2D eigenvalue weighted by Crippen LogP contribution is -2.05. The molecule has 0 aliphatic rings. The summed E-state index contributed by atoms with van der Waals surface area (Å²) in [6.45, 7) is 4.79. The van der Waals surface area contributed by atoms with Crippen molar-refractivity contribution in [3.63, 3.8) is 0 Å². The van der Waals surface area contributed by atoms with Crippen LogP contribution in [0.5, 0.6) is 0 Å². The third kappa shape index (κ3) is 2.93. The van der Waals surface area contributed by atoms with E-state index in [4.69, 9.17) is 5.73 Å². The molecular weight excluding hydrogens is 222 g/mol. The van der Waals surface area contributed by atoms with E-state index in [9.17, 15) is 0 Å². The van der Waals surface area contributed by atoms with Crippen LogP contribution < -0.4 is 5.73 Å². The summed E-state index contributed by atoms with van der Waals surface area (Å²) in [5, 5.41) is 0. The van der Waals surface area contributed by atoms with Gasteiger partial charge in [0, 0.05) is 17.7 Å². The fourth-order valence-electron chi connectivity index (χ4n) is 2.00. The third-order valence-corrected chi connectivity index (χ3v) is 2.93. The molecule has 0 bridgehead atoms. The van der Waals surface area contributed by atoms with E-state index in [0.717, 1.165) is 30.1 Å². The first kappa shape index (κ1) is 12.7. The molecule has 0 unspecified atom stereocenters. The molecule has 0 saturated carbocycles. The van der Waals surface area contributed by atoms with Gasteiger partial charge in [0.2, 0.25) is 0 Å². The predicted octanol–water partition coefficient (Wildman–Crippen LogP) is 2.65. The Balaban J connectivity index is 2.39. The predicted molar refractivity (Wildman–Crippen MR) is 74.3 cm³/mol. The Morgan fingerprint density at radius 2 is 1.89 bits per heavy atom. The number of nitrogens with two attached hydrogens (primary N) is 1. The molecular formula is C15H19N3. The van der Waals surface area contributed by atoms with Crippen LogP contribution in [0.4, 0.5) is 0 Å². The highest BCUT2D eigenvalue weighted by atomic mass is 14.9. The Kier molecular flexibility index (Phi) is 4.05. The molecule has 3 heteroatoms. The Labute approximate surface area is 108 Å². The number of nitrogens with zero attached hydrogens (tertiary/aromatic N) is 2. The first-order chi connectivity index (χ1) is 8.70. The molecule has 94 valence electrons. The zero-order chi connectivity index (χ0) is 13.0. The van der Waals surface area contributed by atoms with Crippen LogP contribution in [-0.2, 0) is 6.42 Å². The van der Waals surface area contributed by atoms with E-state index >= 15 is 0 Å². The average Bonchev–Trinajstić information content (AvgIpc) is 2.36. The topological polar surface area (TPSA) is 51.8 Å². The first-order valence-electron chi connectivity index (χ1n) is 6.31. The van der Waals surface area contributed by atoms with E-state index < -0.39 is 0 Å². The number of hydrogen-bond donors (Lipinski definition) is 1. The van der Waals surface area contributed by atoms with Gasteiger partial charge in [-0.15, -0.1) is 0 Å². The van der Waals surface area contributed by atoms with Gasteiger partial charge in [-0.25, -0.2) is 9.97 Å². The van der Waals surface area contributed by atoms with Crippen molar-refractivity contribution < 1.29 is 0 Å². The molecule has 2 aromatic rings. The van der Waals surface area contributed by atoms with Gasteiger partial charge >= 0.3 is 0 Å². The molecule has 0 amide bonds. The van der Waals surface area contributed by atoms with Crippen molar-refractivity contribution in [2.24, 2.45) is 5.73 Å². The van der Waals surface area contributed by atoms with Gasteiger partial charge in [0.25, 0.3) is 0 Å². The lowest BCUT2D eigenvalue weighted by Gasteiger charge is -2.08. The van der Waals surface area contributed by atoms with E-state index in [1.54, 1.807) is 0 Å². The summed E-state index contributed by atoms with van der Waals surface area (Å²) in [7, 11) is 0. The third-order valence-electron chi connectivity index (χ3n) is 2.93. The van der Waals surface area contributed by atoms with Crippen molar-refractivity contribution in [1.29, 1.82) is 0 Å². The Bertz CT molecular complexity index is 535. The monoisotopic (exact) mass is 241 g/mol. The number of aromatic nitrogens is 2. The van der Waals surface area contributed by atoms with Crippen LogP contribution in [0.15, 0.2) is 30.3 Å². The molecule has 1 aromatic carbocycles. The molecule has 1 heterocycles. The van der Waals surface area contributed by atoms with Crippen LogP contribution in [0.2, 0.25) is 0 Å². The largest absolute Gasteiger partial charge is 0.330 e. The Morgan fingerprint density at radius 1 is 1.11 bits per heavy atom. The Morgan fingerprint density at radius 3 is 2.61 bits per heavy atom. The molecule has 0 aliphatic carbocycles. The van der Waals surface area contributed by atoms with E-state index in [0.29, 0.717) is 6.54 Å². The van der Waals surface area contributed by atoms with E-state index in [2.05, 4.69) is 29.0 Å². The van der Waals surface area contributed by atoms with Gasteiger partial charge in [-0.3, -0.25) is 0 Å². The van der Waals surface area contributed by atoms with Crippen LogP contribution in [0.25, 0.3) is 11.3 Å². The number of aryl methyl sites for hydroxylation is 3. The minimum Gasteiger partial charge on any atom is -0.330 e. The molecule has 0 radical (unpaired) electrons. The van der Waals surface area contributed by atoms with Crippen molar-refractivity contribution in [3.05, 3.63) is 47.4 Å². The summed E-state index contributed by atoms with van der Waals surface area (Å²) in [5.74, 6) is 0.888. The second-order valence-electron chi connectivity index (χ2n) is 4.52. The minimum atomic E-state index is 0.678. The van der Waals surface area contributed by atoms with Crippen LogP contribution >= 0.6 is 0 Å². The maximum absolute atomic E-state index is 5.53. The molecule has 0 aliphatic heterocycles. The average molecular weight is 241 g/mol. The Hall–Kier alpha value is -1.74. The second-order valence-corrected chi connectivity index (χ2v) is 4.52. The van der Waals surface area contributed by atoms with E-state index in [1.807, 2.05) is 25.1 Å². The van der Waals surface area contributed by atoms with Crippen LogP contribution in [0.1, 0.15) is 23.5 Å². The van der Waals surface area contributed by atoms with Crippen molar-refractivity contribution in [1.82, 2.24) is 9.97 Å². The van der Waals surface area contributed by atoms with E-state index in [-0.39, 0.29) is 0 Å². The molecule has 2 N–H and O–H groups in total. The number of hydrogen-bond acceptors (Lipinski definition) is 3. The molecule has 18 heavy (non-hydrogen) atoms. The van der Waals surface area contributed by atoms with Crippen LogP contribution in [0.3, 0.4) is 0 Å². The minimum absolute atomic E-state index is 0.678. The normalized spacial score (nSPS) is 10.6. The summed E-state index contributed by atoms with van der Waals surface area (Å²) in [6.07, 6.45) is 1.77. The molecule has 3 nitrogen and oxygen atoms in total. The van der Waals surface area contributed by atoms with Gasteiger partial charge in [0.15, 0.2) is 0 Å². The standard InChI is InChI=1S/C15H19N3/c1-11-6-3-4-7-13(11)14-10-12(2)17-15(18-14)8-5-9-16/h3-4,6-7,10H,5,8-9,16H2,1-2H3. The zero-order valence-corrected chi connectivity index (χ0v) is 11.0. The van der Waals surface area contributed by atoms with Gasteiger partial charge in [0.1, 0.15) is 5.82 Å². The molecule has 0 spiro atoms. The summed E-state index contributed by atoms with van der Waals surface area (Å²) < 4.78 is 0. The molecule has 1 aromatic heterocycles. The number of benzene rings is 1. The van der Waals surface area contributed by atoms with E-state index in [1.165, 1.54) is 11.1 Å². The fourth-order valence-corrected chi connectivity index (χ4v) is 2.00. The summed E-state index contributed by atoms with van der Waals surface area (Å²) in [4.78, 5) is 9.10. The second kappa shape index (κ2) is 5.74. The summed E-state index contributed by atoms with van der Waals surface area (Å²) >= 11 is 0. The highest BCUT2D eigenvalue weighted by molar-refractivity contribution is 5.63. The lowest BCUT2D eigenvalue weighted by molar-refractivity contribution is 0.776. The van der Waals surface area contributed by atoms with Gasteiger partial charge in [-0.1, -0.05) is 24.3 Å². The lowest BCUT2D eigenvalue weighted by atomic mass is 10.1. The zero-order valence-electron chi connectivity index (χ0n) is 11.0. The highest BCUT2D eigenvalue weighted by Crippen LogP contribution is 2.21. The van der Waals surface area contributed by atoms with Gasteiger partial charge < -0.3 is 5.73 Å². The maximum Gasteiger partial charge on any atom is 0.129 e. The molecule has 0 saturated heterocycles. The smallest absolute Gasteiger partial charge is 0.129 e. The van der Waals surface area contributed by atoms with Gasteiger partial charge in [-0.2, -0.15) is 0 Å². The summed E-state index contributed by atoms with van der Waals surface area (Å²) in [6, 6.07) is 10.3. The van der Waals surface area contributed by atoms with Crippen molar-refractivity contribution in [2.75, 3.05) is 6.54 Å². The quantitative estimate of drug-likeness (QED) is 0.895. The summed E-state index contributed by atoms with van der Waals surface area (Å²) in [5.41, 5.74) is 9.96. The van der Waals surface area contributed by atoms with Crippen molar-refractivity contribution in [3.8, 4) is 11.3 Å². The molecule has 0 fully saturated rings. The van der Waals surface area contributed by atoms with Gasteiger partial charge in [-0.05, 0) is 38.4 Å². The van der Waals surface area contributed by atoms with Crippen molar-refractivity contribution in [2.45, 2.75) is 26.7 Å². The number of rotatable bonds is 4. The molecule has 0 atom stereocenters. The van der Waals surface area contributed by atoms with Crippen LogP contribution in [-0.4, -0.2) is 16.5 Å². The molecule has 2 rings (SSSR count). The van der Waals surface area contributed by atoms with Crippen molar-refractivity contribution >= 4 is 0 Å². The maximum atomic E-state index is 5.53. The first-order valence-corrected chi connectivity index (χ1v) is 6.31. The van der Waals surface area contributed by atoms with Crippen LogP contribution in [0, 0.1) is 13.8 Å². The highest BCUT2D eigenvalue weighted by Gasteiger charge is 2.06. The SMILES string of the molecule is Cc1cc(-c2ccccc2C)nc(CCCN)n1.